The van der Waals surface area contributed by atoms with Gasteiger partial charge in [0.1, 0.15) is 0 Å². The minimum absolute atomic E-state index is 0.405. The fourth-order valence-electron chi connectivity index (χ4n) is 0.517. The maximum atomic E-state index is 11.7. The molecular weight excluding hydrogens is 173 g/mol. The molecule has 0 amide bonds. The van der Waals surface area contributed by atoms with E-state index in [0.29, 0.717) is 6.04 Å². The van der Waals surface area contributed by atoms with Gasteiger partial charge in [0, 0.05) is 14.1 Å². The molecule has 62 valence electrons. The fraction of sp³-hybridized carbons (Fsp3) is 1.00. The summed E-state index contributed by atoms with van der Waals surface area (Å²) in [6.07, 6.45) is 0. The molecule has 0 nitrogen and oxygen atoms in total. The van der Waals surface area contributed by atoms with Crippen molar-refractivity contribution in [3.8, 4) is 0 Å². The molecule has 0 aliphatic rings. The zero-order valence-electron chi connectivity index (χ0n) is 6.55. The molecule has 10 heavy (non-hydrogen) atoms. The van der Waals surface area contributed by atoms with Gasteiger partial charge < -0.3 is 0 Å². The first-order chi connectivity index (χ1) is 4.21. The predicted octanol–water partition coefficient (Wildman–Crippen LogP) is 3.17. The van der Waals surface area contributed by atoms with Crippen LogP contribution in [0.15, 0.2) is 0 Å². The summed E-state index contributed by atoms with van der Waals surface area (Å²) in [6.45, 7) is 5.90. The van der Waals surface area contributed by atoms with E-state index in [0.717, 1.165) is 0 Å². The number of rotatable bonds is 3. The molecule has 0 unspecified atom stereocenters. The Morgan fingerprint density at radius 2 is 1.30 bits per heavy atom. The van der Waals surface area contributed by atoms with Gasteiger partial charge in [-0.25, -0.2) is 12.3 Å². The lowest BCUT2D eigenvalue weighted by Gasteiger charge is -2.14. The third-order valence-corrected chi connectivity index (χ3v) is 4.23. The summed E-state index contributed by atoms with van der Waals surface area (Å²) in [6, 6.07) is -0.0640. The first-order valence-corrected chi connectivity index (χ1v) is 8.82. The smallest absolute Gasteiger partial charge is 0.238 e. The summed E-state index contributed by atoms with van der Waals surface area (Å²) < 4.78 is 35.2. The molecule has 0 bridgehead atoms. The Bertz CT molecular complexity index is 88.4. The van der Waals surface area contributed by atoms with E-state index in [1.807, 2.05) is 19.6 Å². The second kappa shape index (κ2) is 3.08. The highest BCUT2D eigenvalue weighted by Gasteiger charge is 2.37. The van der Waals surface area contributed by atoms with Crippen molar-refractivity contribution in [3.05, 3.63) is 0 Å². The van der Waals surface area contributed by atoms with Crippen molar-refractivity contribution in [2.75, 3.05) is 0 Å². The SMILES string of the molecule is C[Si](C)(C)CC[Si](F)(F)F. The van der Waals surface area contributed by atoms with Crippen LogP contribution in [0.3, 0.4) is 0 Å². The molecule has 0 spiro atoms. The third-order valence-electron chi connectivity index (χ3n) is 1.16. The molecule has 0 saturated carbocycles. The minimum Gasteiger partial charge on any atom is -0.238 e. The van der Waals surface area contributed by atoms with Crippen LogP contribution in [0.5, 0.6) is 0 Å². The second-order valence-electron chi connectivity index (χ2n) is 3.68. The first-order valence-electron chi connectivity index (χ1n) is 3.27. The Kier molecular flexibility index (Phi) is 3.15. The summed E-state index contributed by atoms with van der Waals surface area (Å²) in [5.41, 5.74) is 0. The van der Waals surface area contributed by atoms with Crippen LogP contribution in [0.2, 0.25) is 31.7 Å². The highest BCUT2D eigenvalue weighted by molar-refractivity contribution is 6.77. The van der Waals surface area contributed by atoms with E-state index in [-0.39, 0.29) is 0 Å². The van der Waals surface area contributed by atoms with Crippen LogP contribution < -0.4 is 0 Å². The zero-order chi connectivity index (χ0) is 8.41. The Morgan fingerprint density at radius 3 is 1.40 bits per heavy atom. The molecule has 0 radical (unpaired) electrons. The van der Waals surface area contributed by atoms with E-state index >= 15 is 0 Å². The summed E-state index contributed by atoms with van der Waals surface area (Å²) in [5.74, 6) is 0. The molecule has 0 heterocycles. The Labute approximate surface area is 62.0 Å². The quantitative estimate of drug-likeness (QED) is 0.469. The Balaban J connectivity index is 3.56. The Hall–Kier alpha value is 0.224. The molecule has 0 aromatic heterocycles. The monoisotopic (exact) mass is 186 g/mol. The summed E-state index contributed by atoms with van der Waals surface area (Å²) in [5, 5.41) is 0. The van der Waals surface area contributed by atoms with Gasteiger partial charge in [0.25, 0.3) is 0 Å². The third kappa shape index (κ3) is 8.22. The zero-order valence-corrected chi connectivity index (χ0v) is 8.55. The minimum atomic E-state index is -5.23. The molecule has 0 atom stereocenters. The normalized spacial score (nSPS) is 13.8. The van der Waals surface area contributed by atoms with Crippen molar-refractivity contribution in [3.63, 3.8) is 0 Å². The van der Waals surface area contributed by atoms with Crippen LogP contribution in [0.25, 0.3) is 0 Å². The van der Waals surface area contributed by atoms with E-state index < -0.39 is 23.2 Å². The van der Waals surface area contributed by atoms with E-state index in [4.69, 9.17) is 0 Å². The van der Waals surface area contributed by atoms with Gasteiger partial charge in [0.2, 0.25) is 0 Å². The second-order valence-corrected chi connectivity index (χ2v) is 11.0. The van der Waals surface area contributed by atoms with Crippen molar-refractivity contribution in [2.24, 2.45) is 0 Å². The lowest BCUT2D eigenvalue weighted by molar-refractivity contribution is 0.472. The molecule has 5 heteroatoms. The van der Waals surface area contributed by atoms with Crippen molar-refractivity contribution in [1.82, 2.24) is 0 Å². The largest absolute Gasteiger partial charge is 0.615 e. The van der Waals surface area contributed by atoms with Crippen LogP contribution >= 0.6 is 0 Å². The van der Waals surface area contributed by atoms with E-state index in [2.05, 4.69) is 0 Å². The van der Waals surface area contributed by atoms with Crippen molar-refractivity contribution in [1.29, 1.82) is 0 Å². The topological polar surface area (TPSA) is 0 Å². The lowest BCUT2D eigenvalue weighted by atomic mass is 10.9. The number of hydrogen-bond donors (Lipinski definition) is 0. The lowest BCUT2D eigenvalue weighted by Crippen LogP contribution is -2.24. The molecule has 0 aromatic carbocycles. The predicted molar refractivity (Wildman–Crippen MR) is 42.0 cm³/mol. The number of hydrogen-bond acceptors (Lipinski definition) is 0. The van der Waals surface area contributed by atoms with Gasteiger partial charge in [-0.05, 0) is 0 Å². The Morgan fingerprint density at radius 1 is 0.900 bits per heavy atom. The van der Waals surface area contributed by atoms with Crippen LogP contribution in [0.1, 0.15) is 0 Å². The van der Waals surface area contributed by atoms with E-state index in [1.165, 1.54) is 0 Å². The highest BCUT2D eigenvalue weighted by Crippen LogP contribution is 2.22. The van der Waals surface area contributed by atoms with E-state index in [9.17, 15) is 12.3 Å². The maximum absolute atomic E-state index is 11.7. The molecule has 0 saturated heterocycles. The van der Waals surface area contributed by atoms with E-state index in [1.54, 1.807) is 0 Å². The van der Waals surface area contributed by atoms with Crippen LogP contribution in [-0.2, 0) is 0 Å². The van der Waals surface area contributed by atoms with Gasteiger partial charge in [0.05, 0.1) is 0 Å². The molecule has 0 aromatic rings. The summed E-state index contributed by atoms with van der Waals surface area (Å²) in [7, 11) is -6.68. The van der Waals surface area contributed by atoms with Gasteiger partial charge in [-0.3, -0.25) is 0 Å². The summed E-state index contributed by atoms with van der Waals surface area (Å²) >= 11 is 0. The molecule has 0 rings (SSSR count). The van der Waals surface area contributed by atoms with Gasteiger partial charge in [-0.1, -0.05) is 25.7 Å². The molecular formula is C5H13F3Si2. The maximum Gasteiger partial charge on any atom is 0.615 e. The average molecular weight is 186 g/mol. The van der Waals surface area contributed by atoms with Crippen molar-refractivity contribution < 1.29 is 12.3 Å². The van der Waals surface area contributed by atoms with Crippen molar-refractivity contribution in [2.45, 2.75) is 31.7 Å². The first kappa shape index (κ1) is 10.2. The van der Waals surface area contributed by atoms with Crippen molar-refractivity contribution >= 4 is 17.1 Å². The summed E-state index contributed by atoms with van der Waals surface area (Å²) in [4.78, 5) is 0. The van der Waals surface area contributed by atoms with Gasteiger partial charge in [0.15, 0.2) is 0 Å². The van der Waals surface area contributed by atoms with Gasteiger partial charge >= 0.3 is 9.08 Å². The number of halogens is 3. The molecule has 0 fully saturated rings. The standard InChI is InChI=1S/C5H13F3Si2/c1-9(2,3)4-5-10(6,7)8/h4-5H2,1-3H3. The average Bonchev–Trinajstić information content (AvgIpc) is 1.57. The van der Waals surface area contributed by atoms with Crippen LogP contribution in [-0.4, -0.2) is 17.1 Å². The van der Waals surface area contributed by atoms with Gasteiger partial charge in [-0.2, -0.15) is 0 Å². The van der Waals surface area contributed by atoms with Crippen LogP contribution in [0, 0.1) is 0 Å². The van der Waals surface area contributed by atoms with Gasteiger partial charge in [-0.15, -0.1) is 0 Å². The molecule has 0 aliphatic carbocycles. The van der Waals surface area contributed by atoms with Crippen LogP contribution in [0.4, 0.5) is 12.3 Å². The molecule has 0 aliphatic heterocycles. The molecule has 0 N–H and O–H groups in total. The fourth-order valence-corrected chi connectivity index (χ4v) is 4.65. The highest BCUT2D eigenvalue weighted by atomic mass is 28.5.